The summed E-state index contributed by atoms with van der Waals surface area (Å²) in [6, 6.07) is 3.67. The fourth-order valence-electron chi connectivity index (χ4n) is 1.20. The molecule has 0 amide bonds. The average Bonchev–Trinajstić information content (AvgIpc) is 2.10. The number of rotatable bonds is 2. The van der Waals surface area contributed by atoms with Crippen LogP contribution in [0.3, 0.4) is 0 Å². The molecule has 2 nitrogen and oxygen atoms in total. The quantitative estimate of drug-likeness (QED) is 0.823. The second kappa shape index (κ2) is 4.28. The predicted octanol–water partition coefficient (Wildman–Crippen LogP) is 2.72. The predicted molar refractivity (Wildman–Crippen MR) is 62.8 cm³/mol. The van der Waals surface area contributed by atoms with Crippen LogP contribution in [-0.4, -0.2) is 5.11 Å². The van der Waals surface area contributed by atoms with E-state index in [2.05, 4.69) is 22.6 Å². The van der Waals surface area contributed by atoms with E-state index >= 15 is 0 Å². The minimum atomic E-state index is -0.0610. The van der Waals surface area contributed by atoms with Crippen molar-refractivity contribution in [1.82, 2.24) is 0 Å². The highest BCUT2D eigenvalue weighted by Crippen LogP contribution is 2.28. The van der Waals surface area contributed by atoms with Crippen molar-refractivity contribution < 1.29 is 5.11 Å². The Morgan fingerprint density at radius 3 is 2.69 bits per heavy atom. The molecule has 3 heteroatoms. The molecule has 0 aliphatic carbocycles. The number of phenolic OH excluding ortho intramolecular Hbond substituents is 1. The summed E-state index contributed by atoms with van der Waals surface area (Å²) in [5.41, 5.74) is 7.78. The highest BCUT2D eigenvalue weighted by atomic mass is 127. The molecule has 1 aromatic carbocycles. The number of hydrogen-bond acceptors (Lipinski definition) is 2. The van der Waals surface area contributed by atoms with Crippen molar-refractivity contribution in [1.29, 1.82) is 0 Å². The summed E-state index contributed by atoms with van der Waals surface area (Å²) in [5, 5.41) is 9.63. The summed E-state index contributed by atoms with van der Waals surface area (Å²) >= 11 is 2.25. The van der Waals surface area contributed by atoms with Crippen LogP contribution in [0.4, 0.5) is 0 Å². The van der Waals surface area contributed by atoms with Crippen molar-refractivity contribution in [2.45, 2.75) is 26.3 Å². The first-order valence-electron chi connectivity index (χ1n) is 4.30. The molecule has 0 radical (unpaired) electrons. The maximum absolute atomic E-state index is 9.63. The fraction of sp³-hybridized carbons (Fsp3) is 0.400. The monoisotopic (exact) mass is 291 g/mol. The van der Waals surface area contributed by atoms with Gasteiger partial charge in [-0.25, -0.2) is 0 Å². The molecule has 0 saturated heterocycles. The van der Waals surface area contributed by atoms with Gasteiger partial charge in [0.2, 0.25) is 0 Å². The first kappa shape index (κ1) is 10.8. The highest BCUT2D eigenvalue weighted by molar-refractivity contribution is 14.1. The van der Waals surface area contributed by atoms with Crippen molar-refractivity contribution in [3.8, 4) is 5.75 Å². The molecular weight excluding hydrogens is 277 g/mol. The second-order valence-corrected chi connectivity index (χ2v) is 4.34. The lowest BCUT2D eigenvalue weighted by atomic mass is 10.0. The Kier molecular flexibility index (Phi) is 3.55. The standard InChI is InChI=1S/C10H14INO/c1-3-9(12)7-5-8(11)6(2)4-10(7)13/h4-5,9,13H,3,12H2,1-2H3/t9-/m1/s1. The summed E-state index contributed by atoms with van der Waals surface area (Å²) in [6.45, 7) is 3.99. The van der Waals surface area contributed by atoms with Crippen LogP contribution in [0.15, 0.2) is 12.1 Å². The third-order valence-corrected chi connectivity index (χ3v) is 3.31. The maximum atomic E-state index is 9.63. The van der Waals surface area contributed by atoms with Crippen LogP contribution in [-0.2, 0) is 0 Å². The van der Waals surface area contributed by atoms with E-state index in [0.29, 0.717) is 5.75 Å². The SMILES string of the molecule is CC[C@@H](N)c1cc(I)c(C)cc1O. The van der Waals surface area contributed by atoms with Gasteiger partial charge in [-0.1, -0.05) is 6.92 Å². The molecule has 0 aliphatic rings. The van der Waals surface area contributed by atoms with E-state index in [1.54, 1.807) is 6.07 Å². The molecule has 1 rings (SSSR count). The zero-order valence-electron chi connectivity index (χ0n) is 7.84. The van der Waals surface area contributed by atoms with Gasteiger partial charge in [-0.3, -0.25) is 0 Å². The molecule has 72 valence electrons. The molecule has 1 atom stereocenters. The minimum Gasteiger partial charge on any atom is -0.508 e. The van der Waals surface area contributed by atoms with Gasteiger partial charge in [0.05, 0.1) is 0 Å². The topological polar surface area (TPSA) is 46.2 Å². The molecule has 0 spiro atoms. The average molecular weight is 291 g/mol. The molecule has 0 saturated carbocycles. The van der Waals surface area contributed by atoms with Crippen LogP contribution in [0.5, 0.6) is 5.75 Å². The first-order chi connectivity index (χ1) is 6.06. The lowest BCUT2D eigenvalue weighted by molar-refractivity contribution is 0.459. The minimum absolute atomic E-state index is 0.0610. The Hall–Kier alpha value is -0.290. The van der Waals surface area contributed by atoms with Crippen LogP contribution in [0.1, 0.15) is 30.5 Å². The molecular formula is C10H14INO. The van der Waals surface area contributed by atoms with Gasteiger partial charge in [-0.2, -0.15) is 0 Å². The maximum Gasteiger partial charge on any atom is 0.120 e. The number of nitrogens with two attached hydrogens (primary N) is 1. The van der Waals surface area contributed by atoms with Gasteiger partial charge in [0.1, 0.15) is 5.75 Å². The Morgan fingerprint density at radius 2 is 2.15 bits per heavy atom. The number of hydrogen-bond donors (Lipinski definition) is 2. The normalized spacial score (nSPS) is 12.9. The Morgan fingerprint density at radius 1 is 1.54 bits per heavy atom. The molecule has 0 heterocycles. The molecule has 0 unspecified atom stereocenters. The van der Waals surface area contributed by atoms with Crippen LogP contribution in [0, 0.1) is 10.5 Å². The van der Waals surface area contributed by atoms with Crippen LogP contribution in [0.25, 0.3) is 0 Å². The molecule has 0 aliphatic heterocycles. The second-order valence-electron chi connectivity index (χ2n) is 3.17. The molecule has 13 heavy (non-hydrogen) atoms. The smallest absolute Gasteiger partial charge is 0.120 e. The summed E-state index contributed by atoms with van der Waals surface area (Å²) in [5.74, 6) is 0.312. The number of aromatic hydroxyl groups is 1. The van der Waals surface area contributed by atoms with Gasteiger partial charge in [0.15, 0.2) is 0 Å². The number of benzene rings is 1. The van der Waals surface area contributed by atoms with E-state index < -0.39 is 0 Å². The fourth-order valence-corrected chi connectivity index (χ4v) is 1.69. The van der Waals surface area contributed by atoms with Crippen molar-refractivity contribution in [2.24, 2.45) is 5.73 Å². The van der Waals surface area contributed by atoms with Gasteiger partial charge in [0.25, 0.3) is 0 Å². The van der Waals surface area contributed by atoms with Crippen LogP contribution in [0.2, 0.25) is 0 Å². The summed E-state index contributed by atoms with van der Waals surface area (Å²) < 4.78 is 1.15. The lowest BCUT2D eigenvalue weighted by Crippen LogP contribution is -2.09. The third kappa shape index (κ3) is 2.34. The van der Waals surface area contributed by atoms with Gasteiger partial charge in [-0.15, -0.1) is 0 Å². The van der Waals surface area contributed by atoms with Crippen molar-refractivity contribution in [2.75, 3.05) is 0 Å². The summed E-state index contributed by atoms with van der Waals surface area (Å²) in [4.78, 5) is 0. The van der Waals surface area contributed by atoms with E-state index in [9.17, 15) is 5.11 Å². The van der Waals surface area contributed by atoms with E-state index in [0.717, 1.165) is 21.1 Å². The summed E-state index contributed by atoms with van der Waals surface area (Å²) in [7, 11) is 0. The van der Waals surface area contributed by atoms with Crippen molar-refractivity contribution in [3.05, 3.63) is 26.8 Å². The first-order valence-corrected chi connectivity index (χ1v) is 5.38. The number of phenols is 1. The number of halogens is 1. The zero-order chi connectivity index (χ0) is 10.0. The number of aryl methyl sites for hydroxylation is 1. The van der Waals surface area contributed by atoms with Gasteiger partial charge < -0.3 is 10.8 Å². The van der Waals surface area contributed by atoms with E-state index in [1.165, 1.54) is 0 Å². The Labute approximate surface area is 92.3 Å². The van der Waals surface area contributed by atoms with Crippen molar-refractivity contribution in [3.63, 3.8) is 0 Å². The van der Waals surface area contributed by atoms with Gasteiger partial charge in [0, 0.05) is 15.2 Å². The third-order valence-electron chi connectivity index (χ3n) is 2.15. The molecule has 0 aromatic heterocycles. The van der Waals surface area contributed by atoms with Crippen molar-refractivity contribution >= 4 is 22.6 Å². The Bertz CT molecular complexity index is 312. The molecule has 0 fully saturated rings. The van der Waals surface area contributed by atoms with Crippen LogP contribution < -0.4 is 5.73 Å². The van der Waals surface area contributed by atoms with Gasteiger partial charge in [-0.05, 0) is 53.6 Å². The van der Waals surface area contributed by atoms with E-state index in [1.807, 2.05) is 19.9 Å². The lowest BCUT2D eigenvalue weighted by Gasteiger charge is -2.12. The molecule has 3 N–H and O–H groups in total. The highest BCUT2D eigenvalue weighted by Gasteiger charge is 2.10. The van der Waals surface area contributed by atoms with E-state index in [-0.39, 0.29) is 6.04 Å². The zero-order valence-corrected chi connectivity index (χ0v) is 10.00. The Balaban J connectivity index is 3.15. The largest absolute Gasteiger partial charge is 0.508 e. The molecule has 0 bridgehead atoms. The van der Waals surface area contributed by atoms with Crippen LogP contribution >= 0.6 is 22.6 Å². The summed E-state index contributed by atoms with van der Waals surface area (Å²) in [6.07, 6.45) is 0.840. The van der Waals surface area contributed by atoms with Gasteiger partial charge >= 0.3 is 0 Å². The van der Waals surface area contributed by atoms with E-state index in [4.69, 9.17) is 5.73 Å². The molecule has 1 aromatic rings.